The maximum atomic E-state index is 11.6. The van der Waals surface area contributed by atoms with Crippen molar-refractivity contribution in [1.82, 2.24) is 4.90 Å². The van der Waals surface area contributed by atoms with Crippen LogP contribution in [0.4, 0.5) is 4.79 Å². The topological polar surface area (TPSA) is 37.4 Å². The zero-order chi connectivity index (χ0) is 12.2. The Kier molecular flexibility index (Phi) is 5.55. The second-order valence-corrected chi connectivity index (χ2v) is 7.47. The van der Waals surface area contributed by atoms with Crippen LogP contribution in [-0.2, 0) is 4.79 Å². The molecule has 0 aliphatic heterocycles. The summed E-state index contributed by atoms with van der Waals surface area (Å²) in [5, 5.41) is 0. The molecule has 86 valence electrons. The van der Waals surface area contributed by atoms with Crippen molar-refractivity contribution in [3.63, 3.8) is 0 Å². The standard InChI is InChI=1S/C11H19NO2Te/c1-8(13)7-9(11(2,3)4)15-10(14)12(5)6/h7H,1-6H3/b9-7-. The first kappa shape index (κ1) is 14.7. The van der Waals surface area contributed by atoms with Gasteiger partial charge >= 0.3 is 102 Å². The van der Waals surface area contributed by atoms with Crippen LogP contribution in [0.2, 0.25) is 0 Å². The van der Waals surface area contributed by atoms with Gasteiger partial charge in [-0.3, -0.25) is 0 Å². The third kappa shape index (κ3) is 5.96. The number of allylic oxidation sites excluding steroid dienone is 2. The fourth-order valence-electron chi connectivity index (χ4n) is 0.769. The van der Waals surface area contributed by atoms with E-state index < -0.39 is 20.9 Å². The van der Waals surface area contributed by atoms with E-state index in [-0.39, 0.29) is 15.2 Å². The van der Waals surface area contributed by atoms with E-state index in [1.807, 2.05) is 20.8 Å². The normalized spacial score (nSPS) is 12.5. The molecule has 0 bridgehead atoms. The first-order chi connectivity index (χ1) is 6.64. The van der Waals surface area contributed by atoms with Crippen LogP contribution in [0, 0.1) is 5.41 Å². The van der Waals surface area contributed by atoms with Gasteiger partial charge in [-0.05, 0) is 0 Å². The van der Waals surface area contributed by atoms with Crippen molar-refractivity contribution < 1.29 is 9.59 Å². The molecule has 3 nitrogen and oxygen atoms in total. The Morgan fingerprint density at radius 2 is 1.67 bits per heavy atom. The van der Waals surface area contributed by atoms with Crippen LogP contribution in [0.15, 0.2) is 9.70 Å². The van der Waals surface area contributed by atoms with E-state index in [0.29, 0.717) is 0 Å². The van der Waals surface area contributed by atoms with Crippen LogP contribution in [0.5, 0.6) is 0 Å². The minimum atomic E-state index is -0.932. The van der Waals surface area contributed by atoms with Crippen molar-refractivity contribution in [2.45, 2.75) is 27.7 Å². The van der Waals surface area contributed by atoms with Crippen molar-refractivity contribution in [2.75, 3.05) is 14.1 Å². The fourth-order valence-corrected chi connectivity index (χ4v) is 3.34. The number of nitrogens with zero attached hydrogens (tertiary/aromatic N) is 1. The zero-order valence-corrected chi connectivity index (χ0v) is 12.6. The molecule has 0 heterocycles. The molecule has 1 amide bonds. The van der Waals surface area contributed by atoms with Gasteiger partial charge in [0.1, 0.15) is 0 Å². The summed E-state index contributed by atoms with van der Waals surface area (Å²) in [6, 6.07) is 0. The Hall–Kier alpha value is -0.330. The predicted molar refractivity (Wildman–Crippen MR) is 63.1 cm³/mol. The van der Waals surface area contributed by atoms with E-state index in [9.17, 15) is 9.59 Å². The average molecular weight is 325 g/mol. The van der Waals surface area contributed by atoms with E-state index in [4.69, 9.17) is 0 Å². The number of hydrogen-bond acceptors (Lipinski definition) is 2. The third-order valence-corrected chi connectivity index (χ3v) is 5.89. The van der Waals surface area contributed by atoms with Gasteiger partial charge in [-0.2, -0.15) is 0 Å². The number of amides is 1. The van der Waals surface area contributed by atoms with Crippen LogP contribution in [0.25, 0.3) is 0 Å². The number of hydrogen-bond donors (Lipinski definition) is 0. The van der Waals surface area contributed by atoms with Crippen molar-refractivity contribution in [3.05, 3.63) is 9.70 Å². The van der Waals surface area contributed by atoms with Gasteiger partial charge in [0.15, 0.2) is 0 Å². The third-order valence-electron chi connectivity index (χ3n) is 1.64. The molecule has 15 heavy (non-hydrogen) atoms. The Balaban J connectivity index is 4.84. The molecule has 0 aromatic rings. The molecule has 0 aromatic carbocycles. The van der Waals surface area contributed by atoms with Crippen LogP contribution in [-0.4, -0.2) is 49.7 Å². The van der Waals surface area contributed by atoms with Crippen LogP contribution in [0.3, 0.4) is 0 Å². The summed E-state index contributed by atoms with van der Waals surface area (Å²) in [5.74, 6) is 0.0246. The molecule has 0 fully saturated rings. The van der Waals surface area contributed by atoms with Crippen LogP contribution < -0.4 is 0 Å². The summed E-state index contributed by atoms with van der Waals surface area (Å²) < 4.78 is 1.17. The van der Waals surface area contributed by atoms with E-state index in [0.717, 1.165) is 3.62 Å². The minimum absolute atomic E-state index is 0.0246. The number of ketones is 1. The van der Waals surface area contributed by atoms with Gasteiger partial charge in [-0.25, -0.2) is 0 Å². The monoisotopic (exact) mass is 327 g/mol. The molecule has 0 aromatic heterocycles. The van der Waals surface area contributed by atoms with Gasteiger partial charge < -0.3 is 0 Å². The molecule has 0 spiro atoms. The first-order valence-electron chi connectivity index (χ1n) is 4.76. The van der Waals surface area contributed by atoms with Crippen molar-refractivity contribution in [3.8, 4) is 0 Å². The first-order valence-corrected chi connectivity index (χ1v) is 7.09. The summed E-state index contributed by atoms with van der Waals surface area (Å²) in [5.41, 5.74) is -0.0838. The average Bonchev–Trinajstić information content (AvgIpc) is 2.00. The molecule has 0 unspecified atom stereocenters. The van der Waals surface area contributed by atoms with Crippen LogP contribution in [0.1, 0.15) is 27.7 Å². The van der Waals surface area contributed by atoms with Crippen molar-refractivity contribution >= 4 is 30.7 Å². The summed E-state index contributed by atoms with van der Waals surface area (Å²) in [4.78, 5) is 24.3. The molecule has 0 radical (unpaired) electrons. The van der Waals surface area contributed by atoms with Gasteiger partial charge in [0, 0.05) is 0 Å². The predicted octanol–water partition coefficient (Wildman–Crippen LogP) is 1.89. The van der Waals surface area contributed by atoms with Crippen molar-refractivity contribution in [1.29, 1.82) is 0 Å². The summed E-state index contributed by atoms with van der Waals surface area (Å²) in [6.07, 6.45) is 1.63. The fraction of sp³-hybridized carbons (Fsp3) is 0.636. The van der Waals surface area contributed by atoms with Gasteiger partial charge in [0.25, 0.3) is 0 Å². The molecule has 4 heteroatoms. The van der Waals surface area contributed by atoms with Gasteiger partial charge in [-0.1, -0.05) is 0 Å². The van der Waals surface area contributed by atoms with Gasteiger partial charge in [0.05, 0.1) is 0 Å². The molecule has 0 atom stereocenters. The maximum absolute atomic E-state index is 11.6. The summed E-state index contributed by atoms with van der Waals surface area (Å²) >= 11 is -0.932. The Morgan fingerprint density at radius 1 is 1.20 bits per heavy atom. The molecule has 0 N–H and O–H groups in total. The van der Waals surface area contributed by atoms with E-state index >= 15 is 0 Å². The Bertz CT molecular complexity index is 287. The number of carbonyl (C=O) groups is 2. The Morgan fingerprint density at radius 3 is 1.93 bits per heavy atom. The number of carbonyl (C=O) groups excluding carboxylic acids is 2. The van der Waals surface area contributed by atoms with Crippen molar-refractivity contribution in [2.24, 2.45) is 5.41 Å². The second kappa shape index (κ2) is 5.67. The molecule has 0 saturated heterocycles. The quantitative estimate of drug-likeness (QED) is 0.587. The second-order valence-electron chi connectivity index (χ2n) is 4.63. The number of rotatable bonds is 3. The molecular weight excluding hydrogens is 306 g/mol. The van der Waals surface area contributed by atoms with E-state index in [1.165, 1.54) is 6.92 Å². The molecule has 0 saturated carbocycles. The molecule has 0 aliphatic rings. The van der Waals surface area contributed by atoms with E-state index in [2.05, 4.69) is 0 Å². The molecular formula is C11H19NO2Te. The van der Waals surface area contributed by atoms with E-state index in [1.54, 1.807) is 25.1 Å². The summed E-state index contributed by atoms with van der Waals surface area (Å²) in [6.45, 7) is 7.64. The molecule has 0 rings (SSSR count). The van der Waals surface area contributed by atoms with Crippen LogP contribution >= 0.6 is 0 Å². The summed E-state index contributed by atoms with van der Waals surface area (Å²) in [7, 11) is 3.50. The van der Waals surface area contributed by atoms with Gasteiger partial charge in [0.2, 0.25) is 0 Å². The SMILES string of the molecule is CC(=O)/C=C(\[Te]C(=O)N(C)C)C(C)(C)C. The Labute approximate surface area is 102 Å². The molecule has 0 aliphatic carbocycles. The zero-order valence-electron chi connectivity index (χ0n) is 10.2. The van der Waals surface area contributed by atoms with Gasteiger partial charge in [-0.15, -0.1) is 0 Å².